The van der Waals surface area contributed by atoms with Gasteiger partial charge in [-0.2, -0.15) is 5.10 Å². The van der Waals surface area contributed by atoms with Crippen LogP contribution in [0.4, 0.5) is 5.82 Å². The van der Waals surface area contributed by atoms with Crippen molar-refractivity contribution < 1.29 is 9.47 Å². The Morgan fingerprint density at radius 1 is 1.04 bits per heavy atom. The molecule has 1 N–H and O–H groups in total. The summed E-state index contributed by atoms with van der Waals surface area (Å²) in [6.45, 7) is 4.66. The smallest absolute Gasteiger partial charge is 0.231 e. The van der Waals surface area contributed by atoms with Crippen molar-refractivity contribution in [1.29, 1.82) is 0 Å². The van der Waals surface area contributed by atoms with E-state index in [1.807, 2.05) is 36.7 Å². The first-order chi connectivity index (χ1) is 13.4. The molecule has 1 aromatic carbocycles. The molecule has 1 fully saturated rings. The highest BCUT2D eigenvalue weighted by molar-refractivity contribution is 5.79. The lowest BCUT2D eigenvalue weighted by atomic mass is 10.1. The Kier molecular flexibility index (Phi) is 4.29. The standard InChI is InChI=1S/C20H23N5O2/c1-2-8-24(9-3-1)11-7-21-19-6-10-25-20(23-19)16(13-22-25)15-4-5-17-18(12-15)27-14-26-17/h4-6,10,12-13H,1-3,7-9,11,14H2,(H,21,23). The van der Waals surface area contributed by atoms with Crippen LogP contribution in [0.5, 0.6) is 11.5 Å². The van der Waals surface area contributed by atoms with Gasteiger partial charge in [-0.05, 0) is 49.7 Å². The van der Waals surface area contributed by atoms with Crippen LogP contribution in [0, 0.1) is 0 Å². The van der Waals surface area contributed by atoms with Crippen LogP contribution in [0.3, 0.4) is 0 Å². The molecular formula is C20H23N5O2. The molecule has 3 aromatic rings. The van der Waals surface area contributed by atoms with Gasteiger partial charge in [0.2, 0.25) is 6.79 Å². The fourth-order valence-corrected chi connectivity index (χ4v) is 3.76. The van der Waals surface area contributed by atoms with Crippen LogP contribution in [0.1, 0.15) is 19.3 Å². The summed E-state index contributed by atoms with van der Waals surface area (Å²) >= 11 is 0. The molecule has 0 amide bonds. The first-order valence-corrected chi connectivity index (χ1v) is 9.57. The fourth-order valence-electron chi connectivity index (χ4n) is 3.76. The zero-order chi connectivity index (χ0) is 18.1. The lowest BCUT2D eigenvalue weighted by molar-refractivity contribution is 0.174. The third-order valence-electron chi connectivity index (χ3n) is 5.24. The number of benzene rings is 1. The summed E-state index contributed by atoms with van der Waals surface area (Å²) in [4.78, 5) is 7.31. The Morgan fingerprint density at radius 2 is 1.93 bits per heavy atom. The number of hydrogen-bond acceptors (Lipinski definition) is 6. The normalized spacial score (nSPS) is 16.7. The Balaban J connectivity index is 1.34. The predicted octanol–water partition coefficient (Wildman–Crippen LogP) is 3.02. The highest BCUT2D eigenvalue weighted by atomic mass is 16.7. The molecule has 7 heteroatoms. The first kappa shape index (κ1) is 16.4. The highest BCUT2D eigenvalue weighted by Gasteiger charge is 2.16. The summed E-state index contributed by atoms with van der Waals surface area (Å²) in [6, 6.07) is 7.90. The molecule has 0 aliphatic carbocycles. The number of rotatable bonds is 5. The second kappa shape index (κ2) is 7.08. The molecule has 0 radical (unpaired) electrons. The van der Waals surface area contributed by atoms with Crippen molar-refractivity contribution in [2.24, 2.45) is 0 Å². The Morgan fingerprint density at radius 3 is 2.85 bits per heavy atom. The molecule has 5 rings (SSSR count). The van der Waals surface area contributed by atoms with Gasteiger partial charge in [0, 0.05) is 24.8 Å². The summed E-state index contributed by atoms with van der Waals surface area (Å²) in [6.07, 6.45) is 7.79. The Hall–Kier alpha value is -2.80. The number of anilines is 1. The average Bonchev–Trinajstić information content (AvgIpc) is 3.34. The lowest BCUT2D eigenvalue weighted by Crippen LogP contribution is -2.33. The van der Waals surface area contributed by atoms with Crippen LogP contribution in [0.15, 0.2) is 36.7 Å². The number of hydrogen-bond donors (Lipinski definition) is 1. The Bertz CT molecular complexity index is 949. The van der Waals surface area contributed by atoms with E-state index < -0.39 is 0 Å². The van der Waals surface area contributed by atoms with Crippen molar-refractivity contribution in [2.75, 3.05) is 38.3 Å². The summed E-state index contributed by atoms with van der Waals surface area (Å²) in [5, 5.41) is 7.89. The highest BCUT2D eigenvalue weighted by Crippen LogP contribution is 2.36. The molecule has 0 spiro atoms. The van der Waals surface area contributed by atoms with E-state index >= 15 is 0 Å². The van der Waals surface area contributed by atoms with E-state index in [2.05, 4.69) is 15.3 Å². The van der Waals surface area contributed by atoms with E-state index in [0.29, 0.717) is 0 Å². The molecule has 2 aliphatic heterocycles. The number of nitrogens with zero attached hydrogens (tertiary/aromatic N) is 4. The number of fused-ring (bicyclic) bond motifs is 2. The van der Waals surface area contributed by atoms with Gasteiger partial charge in [-0.1, -0.05) is 12.5 Å². The van der Waals surface area contributed by atoms with E-state index in [4.69, 9.17) is 14.5 Å². The van der Waals surface area contributed by atoms with E-state index in [1.165, 1.54) is 32.4 Å². The predicted molar refractivity (Wildman–Crippen MR) is 103 cm³/mol. The van der Waals surface area contributed by atoms with Crippen LogP contribution < -0.4 is 14.8 Å². The van der Waals surface area contributed by atoms with E-state index in [0.717, 1.165) is 47.2 Å². The molecule has 2 aliphatic rings. The number of nitrogens with one attached hydrogen (secondary N) is 1. The van der Waals surface area contributed by atoms with Gasteiger partial charge in [0.15, 0.2) is 17.1 Å². The monoisotopic (exact) mass is 365 g/mol. The minimum atomic E-state index is 0.275. The van der Waals surface area contributed by atoms with Gasteiger partial charge in [-0.15, -0.1) is 0 Å². The van der Waals surface area contributed by atoms with Crippen molar-refractivity contribution in [3.63, 3.8) is 0 Å². The van der Waals surface area contributed by atoms with Crippen molar-refractivity contribution in [2.45, 2.75) is 19.3 Å². The molecule has 0 unspecified atom stereocenters. The topological polar surface area (TPSA) is 63.9 Å². The van der Waals surface area contributed by atoms with Crippen LogP contribution in [-0.4, -0.2) is 52.5 Å². The maximum atomic E-state index is 5.50. The largest absolute Gasteiger partial charge is 0.454 e. The number of aromatic nitrogens is 3. The molecule has 0 atom stereocenters. The molecular weight excluding hydrogens is 342 g/mol. The number of likely N-dealkylation sites (tertiary alicyclic amines) is 1. The number of ether oxygens (including phenoxy) is 2. The van der Waals surface area contributed by atoms with Crippen LogP contribution in [-0.2, 0) is 0 Å². The molecule has 4 heterocycles. The second-order valence-electron chi connectivity index (χ2n) is 7.04. The molecule has 0 bridgehead atoms. The molecule has 2 aromatic heterocycles. The summed E-state index contributed by atoms with van der Waals surface area (Å²) in [5.41, 5.74) is 2.83. The van der Waals surface area contributed by atoms with Crippen LogP contribution in [0.25, 0.3) is 16.8 Å². The fraction of sp³-hybridized carbons (Fsp3) is 0.400. The summed E-state index contributed by atoms with van der Waals surface area (Å²) in [7, 11) is 0. The van der Waals surface area contributed by atoms with Crippen molar-refractivity contribution in [3.05, 3.63) is 36.7 Å². The van der Waals surface area contributed by atoms with Gasteiger partial charge in [-0.25, -0.2) is 9.50 Å². The zero-order valence-corrected chi connectivity index (χ0v) is 15.2. The molecule has 1 saturated heterocycles. The molecule has 27 heavy (non-hydrogen) atoms. The maximum absolute atomic E-state index is 5.50. The van der Waals surface area contributed by atoms with E-state index in [1.54, 1.807) is 4.52 Å². The minimum absolute atomic E-state index is 0.275. The third-order valence-corrected chi connectivity index (χ3v) is 5.24. The van der Waals surface area contributed by atoms with Gasteiger partial charge >= 0.3 is 0 Å². The summed E-state index contributed by atoms with van der Waals surface area (Å²) in [5.74, 6) is 2.42. The van der Waals surface area contributed by atoms with Crippen LogP contribution >= 0.6 is 0 Å². The van der Waals surface area contributed by atoms with Gasteiger partial charge < -0.3 is 19.7 Å². The van der Waals surface area contributed by atoms with Gasteiger partial charge in [-0.3, -0.25) is 0 Å². The number of piperidine rings is 1. The van der Waals surface area contributed by atoms with Crippen LogP contribution in [0.2, 0.25) is 0 Å². The Labute approximate surface area is 157 Å². The maximum Gasteiger partial charge on any atom is 0.231 e. The third kappa shape index (κ3) is 3.30. The summed E-state index contributed by atoms with van der Waals surface area (Å²) < 4.78 is 12.7. The van der Waals surface area contributed by atoms with E-state index in [9.17, 15) is 0 Å². The van der Waals surface area contributed by atoms with E-state index in [-0.39, 0.29) is 6.79 Å². The van der Waals surface area contributed by atoms with Gasteiger partial charge in [0.1, 0.15) is 5.82 Å². The molecule has 140 valence electrons. The quantitative estimate of drug-likeness (QED) is 0.750. The van der Waals surface area contributed by atoms with Gasteiger partial charge in [0.05, 0.1) is 6.20 Å². The second-order valence-corrected chi connectivity index (χ2v) is 7.04. The van der Waals surface area contributed by atoms with Crippen molar-refractivity contribution in [3.8, 4) is 22.6 Å². The zero-order valence-electron chi connectivity index (χ0n) is 15.2. The van der Waals surface area contributed by atoms with Crippen molar-refractivity contribution >= 4 is 11.5 Å². The molecule has 7 nitrogen and oxygen atoms in total. The first-order valence-electron chi connectivity index (χ1n) is 9.57. The average molecular weight is 365 g/mol. The lowest BCUT2D eigenvalue weighted by Gasteiger charge is -2.26. The SMILES string of the molecule is c1cc2c(cc1-c1cnn3ccc(NCCN4CCCCC4)nc13)OCO2. The molecule has 0 saturated carbocycles. The minimum Gasteiger partial charge on any atom is -0.454 e. The van der Waals surface area contributed by atoms with Crippen molar-refractivity contribution in [1.82, 2.24) is 19.5 Å². The van der Waals surface area contributed by atoms with Gasteiger partial charge in [0.25, 0.3) is 0 Å².